The first-order chi connectivity index (χ1) is 14.0. The number of ether oxygens (including phenoxy) is 2. The Hall–Kier alpha value is -1.83. The van der Waals surface area contributed by atoms with Gasteiger partial charge in [0.15, 0.2) is 5.96 Å². The van der Waals surface area contributed by atoms with Crippen LogP contribution in [-0.2, 0) is 11.3 Å². The van der Waals surface area contributed by atoms with Crippen LogP contribution in [0.5, 0.6) is 5.75 Å². The fourth-order valence-electron chi connectivity index (χ4n) is 3.73. The first kappa shape index (κ1) is 21.9. The van der Waals surface area contributed by atoms with Crippen LogP contribution in [0, 0.1) is 6.92 Å². The predicted octanol–water partition coefficient (Wildman–Crippen LogP) is 1.46. The van der Waals surface area contributed by atoms with E-state index >= 15 is 0 Å². The second-order valence-electron chi connectivity index (χ2n) is 8.19. The maximum atomic E-state index is 6.21. The van der Waals surface area contributed by atoms with Crippen molar-refractivity contribution in [2.24, 2.45) is 4.99 Å². The third-order valence-electron chi connectivity index (χ3n) is 5.64. The SMILES string of the molecule is CCNC(=NCc1ccc(C)cc1OC1CCOC1)NCC1CN(C)CCN1C. The van der Waals surface area contributed by atoms with E-state index in [1.807, 2.05) is 0 Å². The van der Waals surface area contributed by atoms with Crippen LogP contribution in [-0.4, -0.2) is 87.9 Å². The van der Waals surface area contributed by atoms with Gasteiger partial charge in [-0.15, -0.1) is 0 Å². The van der Waals surface area contributed by atoms with Crippen LogP contribution in [0.3, 0.4) is 0 Å². The molecule has 1 aromatic carbocycles. The molecule has 2 N–H and O–H groups in total. The highest BCUT2D eigenvalue weighted by Crippen LogP contribution is 2.24. The van der Waals surface area contributed by atoms with Crippen LogP contribution >= 0.6 is 0 Å². The normalized spacial score (nSPS) is 23.9. The Balaban J connectivity index is 1.63. The molecule has 3 rings (SSSR count). The minimum absolute atomic E-state index is 0.143. The average Bonchev–Trinajstić information content (AvgIpc) is 3.20. The second kappa shape index (κ2) is 10.8. The molecule has 0 saturated carbocycles. The van der Waals surface area contributed by atoms with Crippen molar-refractivity contribution < 1.29 is 9.47 Å². The quantitative estimate of drug-likeness (QED) is 0.531. The first-order valence-corrected chi connectivity index (χ1v) is 10.8. The number of rotatable bonds is 7. The van der Waals surface area contributed by atoms with Gasteiger partial charge in [0.25, 0.3) is 0 Å². The summed E-state index contributed by atoms with van der Waals surface area (Å²) in [4.78, 5) is 9.64. The van der Waals surface area contributed by atoms with Crippen LogP contribution in [0.1, 0.15) is 24.5 Å². The fraction of sp³-hybridized carbons (Fsp3) is 0.682. The summed E-state index contributed by atoms with van der Waals surface area (Å²) in [6.45, 7) is 11.2. The molecule has 1 aromatic rings. The van der Waals surface area contributed by atoms with Gasteiger partial charge >= 0.3 is 0 Å². The van der Waals surface area contributed by atoms with Gasteiger partial charge in [0.05, 0.1) is 19.8 Å². The van der Waals surface area contributed by atoms with Gasteiger partial charge in [-0.25, -0.2) is 4.99 Å². The summed E-state index contributed by atoms with van der Waals surface area (Å²) >= 11 is 0. The summed E-state index contributed by atoms with van der Waals surface area (Å²) in [6.07, 6.45) is 1.09. The molecule has 0 spiro atoms. The van der Waals surface area contributed by atoms with Crippen molar-refractivity contribution in [2.45, 2.75) is 39.0 Å². The smallest absolute Gasteiger partial charge is 0.191 e. The molecule has 2 atom stereocenters. The monoisotopic (exact) mass is 403 g/mol. The van der Waals surface area contributed by atoms with E-state index in [1.54, 1.807) is 0 Å². The number of nitrogens with zero attached hydrogens (tertiary/aromatic N) is 3. The minimum atomic E-state index is 0.143. The number of hydrogen-bond acceptors (Lipinski definition) is 5. The Labute approximate surface area is 175 Å². The molecule has 0 aliphatic carbocycles. The summed E-state index contributed by atoms with van der Waals surface area (Å²) in [7, 11) is 4.39. The third-order valence-corrected chi connectivity index (χ3v) is 5.64. The molecule has 2 fully saturated rings. The van der Waals surface area contributed by atoms with Gasteiger partial charge in [-0.1, -0.05) is 12.1 Å². The van der Waals surface area contributed by atoms with Crippen LogP contribution in [0.2, 0.25) is 0 Å². The van der Waals surface area contributed by atoms with E-state index in [0.717, 1.165) is 63.0 Å². The Morgan fingerprint density at radius 2 is 2.14 bits per heavy atom. The number of guanidine groups is 1. The molecule has 2 aliphatic heterocycles. The van der Waals surface area contributed by atoms with Crippen molar-refractivity contribution in [3.63, 3.8) is 0 Å². The van der Waals surface area contributed by atoms with Crippen molar-refractivity contribution in [1.82, 2.24) is 20.4 Å². The molecule has 29 heavy (non-hydrogen) atoms. The Morgan fingerprint density at radius 1 is 1.28 bits per heavy atom. The van der Waals surface area contributed by atoms with Crippen molar-refractivity contribution >= 4 is 5.96 Å². The first-order valence-electron chi connectivity index (χ1n) is 10.8. The molecular formula is C22H37N5O2. The lowest BCUT2D eigenvalue weighted by Gasteiger charge is -2.37. The second-order valence-corrected chi connectivity index (χ2v) is 8.19. The van der Waals surface area contributed by atoms with Gasteiger partial charge in [-0.3, -0.25) is 4.90 Å². The zero-order valence-corrected chi connectivity index (χ0v) is 18.4. The molecule has 2 aliphatic rings. The Kier molecular flexibility index (Phi) is 8.15. The Bertz CT molecular complexity index is 675. The summed E-state index contributed by atoms with van der Waals surface area (Å²) in [5.41, 5.74) is 2.30. The lowest BCUT2D eigenvalue weighted by molar-refractivity contribution is 0.116. The lowest BCUT2D eigenvalue weighted by atomic mass is 10.1. The van der Waals surface area contributed by atoms with Crippen LogP contribution in [0.15, 0.2) is 23.2 Å². The topological polar surface area (TPSA) is 61.4 Å². The van der Waals surface area contributed by atoms with Gasteiger partial charge in [0.2, 0.25) is 0 Å². The highest BCUT2D eigenvalue weighted by Gasteiger charge is 2.22. The highest BCUT2D eigenvalue weighted by atomic mass is 16.5. The molecule has 0 bridgehead atoms. The molecule has 2 heterocycles. The van der Waals surface area contributed by atoms with Crippen molar-refractivity contribution in [3.05, 3.63) is 29.3 Å². The third kappa shape index (κ3) is 6.59. The van der Waals surface area contributed by atoms with Gasteiger partial charge < -0.3 is 25.0 Å². The summed E-state index contributed by atoms with van der Waals surface area (Å²) in [5.74, 6) is 1.78. The van der Waals surface area contributed by atoms with Crippen LogP contribution < -0.4 is 15.4 Å². The molecule has 0 amide bonds. The maximum absolute atomic E-state index is 6.21. The largest absolute Gasteiger partial charge is 0.488 e. The van der Waals surface area contributed by atoms with Gasteiger partial charge in [0, 0.05) is 50.7 Å². The predicted molar refractivity (Wildman–Crippen MR) is 118 cm³/mol. The number of benzene rings is 1. The maximum Gasteiger partial charge on any atom is 0.191 e. The highest BCUT2D eigenvalue weighted by molar-refractivity contribution is 5.79. The molecule has 2 unspecified atom stereocenters. The summed E-state index contributed by atoms with van der Waals surface area (Å²) in [5, 5.41) is 6.89. The zero-order valence-electron chi connectivity index (χ0n) is 18.4. The van der Waals surface area contributed by atoms with E-state index in [0.29, 0.717) is 19.2 Å². The molecular weight excluding hydrogens is 366 g/mol. The van der Waals surface area contributed by atoms with E-state index in [-0.39, 0.29) is 6.10 Å². The van der Waals surface area contributed by atoms with Gasteiger partial charge in [-0.2, -0.15) is 0 Å². The molecule has 0 aromatic heterocycles. The van der Waals surface area contributed by atoms with Crippen molar-refractivity contribution in [2.75, 3.05) is 60.0 Å². The number of aryl methyl sites for hydroxylation is 1. The molecule has 7 nitrogen and oxygen atoms in total. The Morgan fingerprint density at radius 3 is 2.90 bits per heavy atom. The number of piperazine rings is 1. The summed E-state index contributed by atoms with van der Waals surface area (Å²) in [6, 6.07) is 6.84. The molecule has 0 radical (unpaired) electrons. The van der Waals surface area contributed by atoms with E-state index in [9.17, 15) is 0 Å². The molecule has 7 heteroatoms. The minimum Gasteiger partial charge on any atom is -0.488 e. The van der Waals surface area contributed by atoms with Crippen LogP contribution in [0.25, 0.3) is 0 Å². The summed E-state index contributed by atoms with van der Waals surface area (Å²) < 4.78 is 11.7. The molecule has 162 valence electrons. The lowest BCUT2D eigenvalue weighted by Crippen LogP contribution is -2.55. The number of aliphatic imine (C=N–C) groups is 1. The standard InChI is InChI=1S/C22H37N5O2/c1-5-23-22(25-14-19-15-26(3)9-10-27(19)4)24-13-18-7-6-17(2)12-21(18)29-20-8-11-28-16-20/h6-7,12,19-20H,5,8-11,13-16H2,1-4H3,(H2,23,24,25). The molecule has 2 saturated heterocycles. The van der Waals surface area contributed by atoms with Gasteiger partial charge in [-0.05, 0) is 39.6 Å². The number of nitrogens with one attached hydrogen (secondary N) is 2. The van der Waals surface area contributed by atoms with E-state index in [2.05, 4.69) is 66.6 Å². The zero-order chi connectivity index (χ0) is 20.6. The fourth-order valence-corrected chi connectivity index (χ4v) is 3.73. The number of likely N-dealkylation sites (N-methyl/N-ethyl adjacent to an activating group) is 2. The number of hydrogen-bond donors (Lipinski definition) is 2. The van der Waals surface area contributed by atoms with Crippen molar-refractivity contribution in [1.29, 1.82) is 0 Å². The van der Waals surface area contributed by atoms with E-state index < -0.39 is 0 Å². The van der Waals surface area contributed by atoms with Crippen molar-refractivity contribution in [3.8, 4) is 5.75 Å². The average molecular weight is 404 g/mol. The van der Waals surface area contributed by atoms with E-state index in [4.69, 9.17) is 14.5 Å². The van der Waals surface area contributed by atoms with Crippen LogP contribution in [0.4, 0.5) is 0 Å². The van der Waals surface area contributed by atoms with Gasteiger partial charge in [0.1, 0.15) is 11.9 Å². The van der Waals surface area contributed by atoms with E-state index in [1.165, 1.54) is 5.56 Å².